The Morgan fingerprint density at radius 2 is 1.79 bits per heavy atom. The Bertz CT molecular complexity index is 851. The Balaban J connectivity index is 1.54. The minimum absolute atomic E-state index is 0.00450. The summed E-state index contributed by atoms with van der Waals surface area (Å²) in [6, 6.07) is 10.0. The molecule has 2 heterocycles. The number of piperazine rings is 1. The molecule has 0 aliphatic carbocycles. The van der Waals surface area contributed by atoms with Crippen LogP contribution in [0.2, 0.25) is 0 Å². The van der Waals surface area contributed by atoms with Crippen molar-refractivity contribution in [3.05, 3.63) is 51.2 Å². The van der Waals surface area contributed by atoms with Crippen LogP contribution in [0.5, 0.6) is 0 Å². The fourth-order valence-electron chi connectivity index (χ4n) is 3.54. The lowest BCUT2D eigenvalue weighted by Crippen LogP contribution is -2.50. The highest BCUT2D eigenvalue weighted by molar-refractivity contribution is 7.13. The molecular formula is C22H29N3O2S. The van der Waals surface area contributed by atoms with Crippen molar-refractivity contribution in [2.75, 3.05) is 38.0 Å². The fraction of sp³-hybridized carbons (Fsp3) is 0.455. The van der Waals surface area contributed by atoms with E-state index < -0.39 is 0 Å². The first-order valence-corrected chi connectivity index (χ1v) is 10.6. The zero-order chi connectivity index (χ0) is 20.3. The monoisotopic (exact) mass is 399 g/mol. The summed E-state index contributed by atoms with van der Waals surface area (Å²) in [6.07, 6.45) is 0. The van der Waals surface area contributed by atoms with Crippen LogP contribution in [0.4, 0.5) is 5.69 Å². The summed E-state index contributed by atoms with van der Waals surface area (Å²) < 4.78 is 0. The maximum Gasteiger partial charge on any atom is 0.264 e. The number of nitrogens with one attached hydrogen (secondary N) is 1. The molecule has 2 amide bonds. The van der Waals surface area contributed by atoms with Crippen LogP contribution in [-0.2, 0) is 4.79 Å². The molecule has 0 radical (unpaired) electrons. The predicted octanol–water partition coefficient (Wildman–Crippen LogP) is 3.88. The van der Waals surface area contributed by atoms with Crippen molar-refractivity contribution in [1.29, 1.82) is 0 Å². The molecule has 0 saturated carbocycles. The van der Waals surface area contributed by atoms with Gasteiger partial charge in [0.2, 0.25) is 5.91 Å². The summed E-state index contributed by atoms with van der Waals surface area (Å²) in [6.45, 7) is 11.4. The second-order valence-corrected chi connectivity index (χ2v) is 9.01. The van der Waals surface area contributed by atoms with Gasteiger partial charge in [-0.2, -0.15) is 0 Å². The molecule has 1 N–H and O–H groups in total. The van der Waals surface area contributed by atoms with Crippen LogP contribution < -0.4 is 5.32 Å². The number of anilines is 1. The van der Waals surface area contributed by atoms with Gasteiger partial charge in [-0.15, -0.1) is 11.3 Å². The van der Waals surface area contributed by atoms with Crippen LogP contribution in [0.3, 0.4) is 0 Å². The molecule has 5 nitrogen and oxygen atoms in total. The second-order valence-electron chi connectivity index (χ2n) is 7.72. The van der Waals surface area contributed by atoms with Crippen LogP contribution in [0, 0.1) is 13.8 Å². The Morgan fingerprint density at radius 3 is 2.39 bits per heavy atom. The number of benzene rings is 1. The number of carbonyl (C=O) groups excluding carboxylic acids is 2. The SMILES string of the molecule is Cc1ccc(C(=O)N2CCN(CC(=O)Nc3c(C)cccc3C(C)C)CC2)s1. The maximum absolute atomic E-state index is 12.6. The highest BCUT2D eigenvalue weighted by atomic mass is 32.1. The van der Waals surface area contributed by atoms with Gasteiger partial charge < -0.3 is 10.2 Å². The number of nitrogens with zero attached hydrogens (tertiary/aromatic N) is 2. The lowest BCUT2D eigenvalue weighted by atomic mass is 9.98. The highest BCUT2D eigenvalue weighted by Crippen LogP contribution is 2.27. The first kappa shape index (κ1) is 20.6. The number of carbonyl (C=O) groups is 2. The maximum atomic E-state index is 12.6. The molecule has 1 aliphatic rings. The third-order valence-electron chi connectivity index (χ3n) is 5.17. The zero-order valence-corrected chi connectivity index (χ0v) is 17.9. The third kappa shape index (κ3) is 4.80. The smallest absolute Gasteiger partial charge is 0.264 e. The summed E-state index contributed by atoms with van der Waals surface area (Å²) in [5.41, 5.74) is 3.18. The molecule has 6 heteroatoms. The number of amides is 2. The van der Waals surface area contributed by atoms with Crippen molar-refractivity contribution in [2.45, 2.75) is 33.6 Å². The summed E-state index contributed by atoms with van der Waals surface area (Å²) >= 11 is 1.54. The molecule has 1 fully saturated rings. The second kappa shape index (κ2) is 8.88. The quantitative estimate of drug-likeness (QED) is 0.830. The van der Waals surface area contributed by atoms with Crippen LogP contribution in [0.15, 0.2) is 30.3 Å². The fourth-order valence-corrected chi connectivity index (χ4v) is 4.37. The standard InChI is InChI=1S/C22H29N3O2S/c1-15(2)18-7-5-6-16(3)21(18)23-20(26)14-24-10-12-25(13-11-24)22(27)19-9-8-17(4)28-19/h5-9,15H,10-14H2,1-4H3,(H,23,26). The van der Waals surface area contributed by atoms with Crippen molar-refractivity contribution < 1.29 is 9.59 Å². The van der Waals surface area contributed by atoms with Crippen molar-refractivity contribution >= 4 is 28.8 Å². The molecule has 0 unspecified atom stereocenters. The molecule has 1 saturated heterocycles. The molecule has 0 spiro atoms. The summed E-state index contributed by atoms with van der Waals surface area (Å²) in [5, 5.41) is 3.11. The third-order valence-corrected chi connectivity index (χ3v) is 6.16. The van der Waals surface area contributed by atoms with Crippen LogP contribution in [0.25, 0.3) is 0 Å². The van der Waals surface area contributed by atoms with E-state index in [0.29, 0.717) is 38.6 Å². The lowest BCUT2D eigenvalue weighted by Gasteiger charge is -2.34. The lowest BCUT2D eigenvalue weighted by molar-refractivity contribution is -0.117. The zero-order valence-electron chi connectivity index (χ0n) is 17.1. The van der Waals surface area contributed by atoms with E-state index in [1.165, 1.54) is 11.3 Å². The molecule has 1 aromatic heterocycles. The van der Waals surface area contributed by atoms with Crippen molar-refractivity contribution in [2.24, 2.45) is 0 Å². The van der Waals surface area contributed by atoms with Crippen molar-refractivity contribution in [3.8, 4) is 0 Å². The van der Waals surface area contributed by atoms with Gasteiger partial charge in [0.05, 0.1) is 11.4 Å². The van der Waals surface area contributed by atoms with Crippen LogP contribution in [0.1, 0.15) is 45.4 Å². The number of hydrogen-bond donors (Lipinski definition) is 1. The van der Waals surface area contributed by atoms with Crippen molar-refractivity contribution in [3.63, 3.8) is 0 Å². The Kier molecular flexibility index (Phi) is 6.52. The summed E-state index contributed by atoms with van der Waals surface area (Å²) in [7, 11) is 0. The number of rotatable bonds is 5. The number of aryl methyl sites for hydroxylation is 2. The molecule has 0 bridgehead atoms. The van der Waals surface area contributed by atoms with Gasteiger partial charge in [-0.3, -0.25) is 14.5 Å². The van der Waals surface area contributed by atoms with Gasteiger partial charge in [-0.25, -0.2) is 0 Å². The normalized spacial score (nSPS) is 15.1. The van der Waals surface area contributed by atoms with Gasteiger partial charge >= 0.3 is 0 Å². The average Bonchev–Trinajstić information content (AvgIpc) is 3.09. The number of para-hydroxylation sites is 1. The van der Waals surface area contributed by atoms with Gasteiger partial charge in [0.25, 0.3) is 5.91 Å². The van der Waals surface area contributed by atoms with E-state index in [4.69, 9.17) is 0 Å². The molecule has 3 rings (SSSR count). The van der Waals surface area contributed by atoms with E-state index in [-0.39, 0.29) is 11.8 Å². The van der Waals surface area contributed by atoms with Crippen molar-refractivity contribution in [1.82, 2.24) is 9.80 Å². The Hall–Kier alpha value is -2.18. The number of hydrogen-bond acceptors (Lipinski definition) is 4. The molecule has 1 aliphatic heterocycles. The Labute approximate surface area is 171 Å². The topological polar surface area (TPSA) is 52.7 Å². The first-order chi connectivity index (χ1) is 13.3. The highest BCUT2D eigenvalue weighted by Gasteiger charge is 2.24. The van der Waals surface area contributed by atoms with Gasteiger partial charge in [0, 0.05) is 36.7 Å². The van der Waals surface area contributed by atoms with Crippen LogP contribution in [-0.4, -0.2) is 54.3 Å². The van der Waals surface area contributed by atoms with E-state index >= 15 is 0 Å². The number of thiophene rings is 1. The van der Waals surface area contributed by atoms with Crippen LogP contribution >= 0.6 is 11.3 Å². The van der Waals surface area contributed by atoms with Gasteiger partial charge in [-0.1, -0.05) is 32.0 Å². The van der Waals surface area contributed by atoms with Gasteiger partial charge in [0.15, 0.2) is 0 Å². The summed E-state index contributed by atoms with van der Waals surface area (Å²) in [5.74, 6) is 0.458. The Morgan fingerprint density at radius 1 is 1.07 bits per heavy atom. The van der Waals surface area contributed by atoms with Gasteiger partial charge in [0.1, 0.15) is 0 Å². The minimum atomic E-state index is 0.00450. The largest absolute Gasteiger partial charge is 0.335 e. The molecule has 150 valence electrons. The van der Waals surface area contributed by atoms with Gasteiger partial charge in [-0.05, 0) is 43.0 Å². The first-order valence-electron chi connectivity index (χ1n) is 9.82. The molecule has 2 aromatic rings. The van der Waals surface area contributed by atoms with E-state index in [1.54, 1.807) is 0 Å². The van der Waals surface area contributed by atoms with E-state index in [0.717, 1.165) is 26.6 Å². The molecule has 1 aromatic carbocycles. The molecular weight excluding hydrogens is 370 g/mol. The predicted molar refractivity (Wildman–Crippen MR) is 115 cm³/mol. The average molecular weight is 400 g/mol. The van der Waals surface area contributed by atoms with E-state index in [9.17, 15) is 9.59 Å². The van der Waals surface area contributed by atoms with E-state index in [1.807, 2.05) is 43.0 Å². The summed E-state index contributed by atoms with van der Waals surface area (Å²) in [4.78, 5) is 31.1. The minimum Gasteiger partial charge on any atom is -0.335 e. The molecule has 28 heavy (non-hydrogen) atoms. The molecule has 0 atom stereocenters. The van der Waals surface area contributed by atoms with E-state index in [2.05, 4.69) is 30.1 Å².